The molecule has 0 spiro atoms. The first-order valence-electron chi connectivity index (χ1n) is 3.89. The molecule has 1 nitrogen and oxygen atoms in total. The summed E-state index contributed by atoms with van der Waals surface area (Å²) in [4.78, 5) is 10.6. The van der Waals surface area contributed by atoms with Crippen LogP contribution in [0.5, 0.6) is 0 Å². The van der Waals surface area contributed by atoms with Gasteiger partial charge in [0.25, 0.3) is 0 Å². The van der Waals surface area contributed by atoms with Crippen molar-refractivity contribution < 1.29 is 4.79 Å². The highest BCUT2D eigenvalue weighted by Crippen LogP contribution is 2.63. The second-order valence-electron chi connectivity index (χ2n) is 3.95. The topological polar surface area (TPSA) is 17.1 Å². The van der Waals surface area contributed by atoms with Crippen LogP contribution < -0.4 is 0 Å². The molecule has 0 N–H and O–H groups in total. The van der Waals surface area contributed by atoms with E-state index in [2.05, 4.69) is 31.9 Å². The lowest BCUT2D eigenvalue weighted by molar-refractivity contribution is -0.109. The molecular formula is C8H10Br2Cl2O. The fraction of sp³-hybridized carbons (Fsp3) is 0.875. The summed E-state index contributed by atoms with van der Waals surface area (Å²) in [6, 6.07) is 0. The maximum Gasteiger partial charge on any atom is 0.184 e. The third-order valence-electron chi connectivity index (χ3n) is 2.77. The Labute approximate surface area is 105 Å². The van der Waals surface area contributed by atoms with Crippen LogP contribution in [-0.2, 0) is 4.79 Å². The number of aldehydes is 1. The number of alkyl halides is 4. The zero-order chi connectivity index (χ0) is 10.4. The van der Waals surface area contributed by atoms with Crippen molar-refractivity contribution in [2.24, 2.45) is 17.3 Å². The Morgan fingerprint density at radius 1 is 1.54 bits per heavy atom. The number of halogens is 4. The van der Waals surface area contributed by atoms with Crippen molar-refractivity contribution >= 4 is 61.3 Å². The third-order valence-corrected chi connectivity index (χ3v) is 6.13. The van der Waals surface area contributed by atoms with E-state index in [1.54, 1.807) is 0 Å². The van der Waals surface area contributed by atoms with E-state index in [0.29, 0.717) is 0 Å². The lowest BCUT2D eigenvalue weighted by Crippen LogP contribution is -2.22. The summed E-state index contributed by atoms with van der Waals surface area (Å²) < 4.78 is -1.01. The highest BCUT2D eigenvalue weighted by atomic mass is 79.9. The predicted molar refractivity (Wildman–Crippen MR) is 62.9 cm³/mol. The maximum atomic E-state index is 10.7. The van der Waals surface area contributed by atoms with Gasteiger partial charge in [-0.1, -0.05) is 53.0 Å². The first-order chi connectivity index (χ1) is 5.73. The Kier molecular flexibility index (Phi) is 3.45. The van der Waals surface area contributed by atoms with Gasteiger partial charge in [0.15, 0.2) is 3.24 Å². The second-order valence-corrected chi connectivity index (χ2v) is 8.49. The normalized spacial score (nSPS) is 34.0. The molecular weight excluding hydrogens is 343 g/mol. The molecule has 0 aromatic carbocycles. The molecule has 0 saturated heterocycles. The molecule has 1 fully saturated rings. The zero-order valence-corrected chi connectivity index (χ0v) is 11.9. The van der Waals surface area contributed by atoms with Gasteiger partial charge in [0.1, 0.15) is 6.29 Å². The van der Waals surface area contributed by atoms with Crippen LogP contribution in [0.4, 0.5) is 0 Å². The van der Waals surface area contributed by atoms with Crippen LogP contribution in [0.3, 0.4) is 0 Å². The first-order valence-corrected chi connectivity index (χ1v) is 6.35. The third kappa shape index (κ3) is 2.24. The number of hydrogen-bond donors (Lipinski definition) is 0. The van der Waals surface area contributed by atoms with Crippen LogP contribution in [-0.4, -0.2) is 14.4 Å². The van der Waals surface area contributed by atoms with Crippen LogP contribution in [0.15, 0.2) is 0 Å². The summed E-state index contributed by atoms with van der Waals surface area (Å²) >= 11 is 18.3. The Bertz CT molecular complexity index is 225. The maximum absolute atomic E-state index is 10.7. The van der Waals surface area contributed by atoms with E-state index < -0.39 is 3.24 Å². The highest BCUT2D eigenvalue weighted by Gasteiger charge is 2.63. The van der Waals surface area contributed by atoms with E-state index in [-0.39, 0.29) is 22.1 Å². The average molecular weight is 353 g/mol. The molecule has 0 radical (unpaired) electrons. The lowest BCUT2D eigenvalue weighted by atomic mass is 10.1. The van der Waals surface area contributed by atoms with Gasteiger partial charge in [0, 0.05) is 5.92 Å². The van der Waals surface area contributed by atoms with Crippen molar-refractivity contribution in [1.82, 2.24) is 0 Å². The van der Waals surface area contributed by atoms with E-state index in [1.807, 2.05) is 13.8 Å². The summed E-state index contributed by atoms with van der Waals surface area (Å²) in [5.41, 5.74) is -0.00127. The minimum absolute atomic E-state index is 0.00127. The molecule has 1 aliphatic carbocycles. The van der Waals surface area contributed by atoms with Crippen LogP contribution in [0, 0.1) is 17.3 Å². The number of rotatable bonds is 3. The van der Waals surface area contributed by atoms with Crippen LogP contribution in [0.2, 0.25) is 0 Å². The Morgan fingerprint density at radius 3 is 2.23 bits per heavy atom. The molecule has 0 heterocycles. The molecule has 0 aliphatic heterocycles. The molecule has 0 amide bonds. The van der Waals surface area contributed by atoms with Gasteiger partial charge in [0.05, 0.1) is 4.83 Å². The van der Waals surface area contributed by atoms with Gasteiger partial charge >= 0.3 is 0 Å². The molecule has 1 saturated carbocycles. The fourth-order valence-corrected chi connectivity index (χ4v) is 3.31. The fourth-order valence-electron chi connectivity index (χ4n) is 1.74. The summed E-state index contributed by atoms with van der Waals surface area (Å²) in [5.74, 6) is 0.241. The van der Waals surface area contributed by atoms with Crippen LogP contribution in [0.25, 0.3) is 0 Å². The Hall–Kier alpha value is 1.21. The van der Waals surface area contributed by atoms with Crippen molar-refractivity contribution in [3.8, 4) is 0 Å². The molecule has 13 heavy (non-hydrogen) atoms. The average Bonchev–Trinajstić information content (AvgIpc) is 2.49. The number of hydrogen-bond acceptors (Lipinski definition) is 1. The van der Waals surface area contributed by atoms with E-state index in [4.69, 9.17) is 23.2 Å². The first kappa shape index (κ1) is 12.3. The van der Waals surface area contributed by atoms with E-state index in [0.717, 1.165) is 6.29 Å². The van der Waals surface area contributed by atoms with Gasteiger partial charge in [-0.25, -0.2) is 0 Å². The molecule has 1 aliphatic rings. The van der Waals surface area contributed by atoms with Crippen molar-refractivity contribution in [2.75, 3.05) is 0 Å². The summed E-state index contributed by atoms with van der Waals surface area (Å²) in [6.45, 7) is 4.08. The molecule has 76 valence electrons. The zero-order valence-electron chi connectivity index (χ0n) is 7.23. The molecule has 0 aromatic heterocycles. The molecule has 3 unspecified atom stereocenters. The molecule has 3 atom stereocenters. The van der Waals surface area contributed by atoms with Gasteiger partial charge in [0.2, 0.25) is 0 Å². The SMILES string of the molecule is CC1(C)C(C=O)C1C(Br)C(Cl)(Cl)Br. The predicted octanol–water partition coefficient (Wildman–Crippen LogP) is 3.75. The van der Waals surface area contributed by atoms with Gasteiger partial charge < -0.3 is 4.79 Å². The molecule has 0 bridgehead atoms. The quantitative estimate of drug-likeness (QED) is 0.558. The van der Waals surface area contributed by atoms with E-state index in [1.165, 1.54) is 0 Å². The van der Waals surface area contributed by atoms with E-state index in [9.17, 15) is 4.79 Å². The molecule has 1 rings (SSSR count). The minimum Gasteiger partial charge on any atom is -0.303 e. The van der Waals surface area contributed by atoms with Gasteiger partial charge in [-0.2, -0.15) is 0 Å². The van der Waals surface area contributed by atoms with Gasteiger partial charge in [-0.05, 0) is 27.3 Å². The van der Waals surface area contributed by atoms with Crippen molar-refractivity contribution in [3.05, 3.63) is 0 Å². The molecule has 5 heteroatoms. The standard InChI is InChI=1S/C8H10Br2Cl2O/c1-7(2)4(3-13)5(7)6(9)8(10,11)12/h3-6H,1-2H3. The monoisotopic (exact) mass is 350 g/mol. The highest BCUT2D eigenvalue weighted by molar-refractivity contribution is 9.13. The summed E-state index contributed by atoms with van der Waals surface area (Å²) in [7, 11) is 0. The van der Waals surface area contributed by atoms with Crippen molar-refractivity contribution in [1.29, 1.82) is 0 Å². The molecule has 0 aromatic rings. The van der Waals surface area contributed by atoms with Crippen molar-refractivity contribution in [3.63, 3.8) is 0 Å². The number of carbonyl (C=O) groups excluding carboxylic acids is 1. The van der Waals surface area contributed by atoms with Crippen LogP contribution in [0.1, 0.15) is 13.8 Å². The Morgan fingerprint density at radius 2 is 2.00 bits per heavy atom. The van der Waals surface area contributed by atoms with Gasteiger partial charge in [-0.15, -0.1) is 0 Å². The smallest absolute Gasteiger partial charge is 0.184 e. The van der Waals surface area contributed by atoms with Crippen LogP contribution >= 0.6 is 55.1 Å². The summed E-state index contributed by atoms with van der Waals surface area (Å²) in [6.07, 6.45) is 0.978. The lowest BCUT2D eigenvalue weighted by Gasteiger charge is -2.19. The van der Waals surface area contributed by atoms with E-state index >= 15 is 0 Å². The largest absolute Gasteiger partial charge is 0.303 e. The van der Waals surface area contributed by atoms with Crippen molar-refractivity contribution in [2.45, 2.75) is 21.9 Å². The Balaban J connectivity index is 2.72. The second kappa shape index (κ2) is 3.66. The van der Waals surface area contributed by atoms with Gasteiger partial charge in [-0.3, -0.25) is 0 Å². The summed E-state index contributed by atoms with van der Waals surface area (Å²) in [5, 5.41) is 0. The number of carbonyl (C=O) groups is 1. The minimum atomic E-state index is -1.01.